The summed E-state index contributed by atoms with van der Waals surface area (Å²) >= 11 is 0. The molecule has 0 fully saturated rings. The van der Waals surface area contributed by atoms with Gasteiger partial charge in [0.05, 0.1) is 0 Å². The van der Waals surface area contributed by atoms with E-state index in [9.17, 15) is 9.46 Å². The molecule has 0 aliphatic carbocycles. The number of phosphoric acid groups is 1. The highest BCUT2D eigenvalue weighted by atomic mass is 31.2. The Kier molecular flexibility index (Phi) is 8.85. The van der Waals surface area contributed by atoms with E-state index in [1.54, 1.807) is 0 Å². The maximum atomic E-state index is 13.0. The fraction of sp³-hybridized carbons (Fsp3) is 0.556. The van der Waals surface area contributed by atoms with Crippen molar-refractivity contribution in [2.75, 3.05) is 0 Å². The highest BCUT2D eigenvalue weighted by molar-refractivity contribution is 7.48. The van der Waals surface area contributed by atoms with Crippen molar-refractivity contribution in [1.82, 2.24) is 0 Å². The van der Waals surface area contributed by atoms with Gasteiger partial charge in [0.1, 0.15) is 11.5 Å². The van der Waals surface area contributed by atoms with Crippen LogP contribution in [-0.4, -0.2) is 4.89 Å². The third kappa shape index (κ3) is 6.17. The molecule has 0 bridgehead atoms. The average molecular weight is 459 g/mol. The molecular formula is C27H39O4P. The molecule has 0 radical (unpaired) electrons. The van der Waals surface area contributed by atoms with Crippen molar-refractivity contribution in [3.8, 4) is 11.5 Å². The Hall–Kier alpha value is -1.77. The lowest BCUT2D eigenvalue weighted by Crippen LogP contribution is -2.12. The van der Waals surface area contributed by atoms with Crippen LogP contribution in [-0.2, 0) is 36.7 Å². The Morgan fingerprint density at radius 2 is 1.19 bits per heavy atom. The van der Waals surface area contributed by atoms with Gasteiger partial charge in [-0.1, -0.05) is 77.6 Å². The van der Waals surface area contributed by atoms with Crippen molar-refractivity contribution in [1.29, 1.82) is 0 Å². The van der Waals surface area contributed by atoms with Gasteiger partial charge in [0.15, 0.2) is 0 Å². The van der Waals surface area contributed by atoms with E-state index in [2.05, 4.69) is 52.0 Å². The Bertz CT molecular complexity index is 893. The van der Waals surface area contributed by atoms with Crippen LogP contribution in [0.25, 0.3) is 0 Å². The molecule has 4 nitrogen and oxygen atoms in total. The Morgan fingerprint density at radius 1 is 0.750 bits per heavy atom. The van der Waals surface area contributed by atoms with E-state index in [-0.39, 0.29) is 0 Å². The fourth-order valence-corrected chi connectivity index (χ4v) is 5.54. The second kappa shape index (κ2) is 11.4. The molecule has 0 saturated heterocycles. The number of benzene rings is 2. The standard InChI is InChI=1S/C27H39O4P/c1-5-9-11-13-20-15-22(7-3)26-24(17-20)19-25-18-21(14-12-10-6-2)16-23(8-4)27(25)31-32(28,29)30-26/h15-18H,5-14,19H2,1-4H3,(H,28,29). The van der Waals surface area contributed by atoms with Gasteiger partial charge >= 0.3 is 7.82 Å². The molecule has 2 aromatic rings. The zero-order valence-corrected chi connectivity index (χ0v) is 21.1. The fourth-order valence-electron chi connectivity index (χ4n) is 4.58. The molecule has 0 aromatic heterocycles. The summed E-state index contributed by atoms with van der Waals surface area (Å²) in [7, 11) is -4.28. The molecule has 3 rings (SSSR count). The Balaban J connectivity index is 2.08. The molecule has 1 N–H and O–H groups in total. The summed E-state index contributed by atoms with van der Waals surface area (Å²) in [6.07, 6.45) is 11.3. The zero-order chi connectivity index (χ0) is 23.1. The van der Waals surface area contributed by atoms with Gasteiger partial charge in [0.25, 0.3) is 0 Å². The molecule has 2 aromatic carbocycles. The molecule has 1 aliphatic heterocycles. The van der Waals surface area contributed by atoms with Crippen LogP contribution >= 0.6 is 7.82 Å². The monoisotopic (exact) mass is 458 g/mol. The molecule has 0 unspecified atom stereocenters. The normalized spacial score (nSPS) is 14.5. The zero-order valence-electron chi connectivity index (χ0n) is 20.2. The smallest absolute Gasteiger partial charge is 0.395 e. The van der Waals surface area contributed by atoms with Gasteiger partial charge in [0, 0.05) is 6.42 Å². The van der Waals surface area contributed by atoms with Crippen molar-refractivity contribution >= 4 is 7.82 Å². The predicted molar refractivity (Wildman–Crippen MR) is 132 cm³/mol. The molecular weight excluding hydrogens is 419 g/mol. The minimum Gasteiger partial charge on any atom is -0.395 e. The lowest BCUT2D eigenvalue weighted by atomic mass is 9.92. The van der Waals surface area contributed by atoms with Gasteiger partial charge in [-0.15, -0.1) is 0 Å². The SMILES string of the molecule is CCCCCc1cc(CC)c2c(c1)Cc1cc(CCCCC)cc(CC)c1OP(=O)(O)O2. The first kappa shape index (κ1) is 24.9. The van der Waals surface area contributed by atoms with Gasteiger partial charge in [-0.05, 0) is 71.9 Å². The lowest BCUT2D eigenvalue weighted by molar-refractivity contribution is 0.285. The van der Waals surface area contributed by atoms with Gasteiger partial charge in [0.2, 0.25) is 0 Å². The lowest BCUT2D eigenvalue weighted by Gasteiger charge is -2.26. The van der Waals surface area contributed by atoms with Crippen LogP contribution < -0.4 is 9.05 Å². The number of phosphoric ester groups is 1. The van der Waals surface area contributed by atoms with Gasteiger partial charge in [-0.3, -0.25) is 4.89 Å². The first-order valence-corrected chi connectivity index (χ1v) is 13.9. The van der Waals surface area contributed by atoms with Crippen LogP contribution in [0.4, 0.5) is 0 Å². The van der Waals surface area contributed by atoms with E-state index in [1.165, 1.54) is 36.8 Å². The van der Waals surface area contributed by atoms with E-state index in [4.69, 9.17) is 9.05 Å². The minimum absolute atomic E-state index is 0.526. The maximum Gasteiger partial charge on any atom is 0.584 e. The molecule has 1 heterocycles. The molecule has 0 spiro atoms. The van der Waals surface area contributed by atoms with Crippen LogP contribution in [0.5, 0.6) is 11.5 Å². The summed E-state index contributed by atoms with van der Waals surface area (Å²) in [6.45, 7) is 8.55. The topological polar surface area (TPSA) is 55.8 Å². The van der Waals surface area contributed by atoms with E-state index in [0.29, 0.717) is 17.9 Å². The maximum absolute atomic E-state index is 13.0. The Labute approximate surface area is 194 Å². The number of aryl methyl sites for hydroxylation is 4. The number of rotatable bonds is 10. The summed E-state index contributed by atoms with van der Waals surface area (Å²) in [5.41, 5.74) is 6.49. The number of hydrogen-bond acceptors (Lipinski definition) is 3. The van der Waals surface area contributed by atoms with Crippen molar-refractivity contribution in [3.05, 3.63) is 57.6 Å². The molecule has 5 heteroatoms. The van der Waals surface area contributed by atoms with Crippen molar-refractivity contribution in [3.63, 3.8) is 0 Å². The van der Waals surface area contributed by atoms with Crippen molar-refractivity contribution in [2.45, 2.75) is 98.3 Å². The van der Waals surface area contributed by atoms with E-state index < -0.39 is 7.82 Å². The third-order valence-corrected chi connectivity index (χ3v) is 7.13. The van der Waals surface area contributed by atoms with Crippen LogP contribution in [0.15, 0.2) is 24.3 Å². The summed E-state index contributed by atoms with van der Waals surface area (Å²) in [5, 5.41) is 0. The predicted octanol–water partition coefficient (Wildman–Crippen LogP) is 7.74. The van der Waals surface area contributed by atoms with Gasteiger partial charge in [-0.2, -0.15) is 0 Å². The highest BCUT2D eigenvalue weighted by Gasteiger charge is 2.33. The quantitative estimate of drug-likeness (QED) is 0.292. The van der Waals surface area contributed by atoms with E-state index in [0.717, 1.165) is 60.8 Å². The first-order chi connectivity index (χ1) is 15.4. The van der Waals surface area contributed by atoms with Crippen LogP contribution in [0.2, 0.25) is 0 Å². The number of fused-ring (bicyclic) bond motifs is 2. The molecule has 0 amide bonds. The first-order valence-electron chi connectivity index (χ1n) is 12.4. The average Bonchev–Trinajstić information content (AvgIpc) is 2.75. The molecule has 0 atom stereocenters. The number of unbranched alkanes of at least 4 members (excludes halogenated alkanes) is 4. The van der Waals surface area contributed by atoms with Crippen LogP contribution in [0.1, 0.15) is 99.6 Å². The van der Waals surface area contributed by atoms with Gasteiger partial charge < -0.3 is 9.05 Å². The second-order valence-corrected chi connectivity index (χ2v) is 10.2. The summed E-state index contributed by atoms with van der Waals surface area (Å²) in [5.74, 6) is 1.05. The highest BCUT2D eigenvalue weighted by Crippen LogP contribution is 2.51. The summed E-state index contributed by atoms with van der Waals surface area (Å²) in [4.78, 5) is 10.6. The Morgan fingerprint density at radius 3 is 1.56 bits per heavy atom. The van der Waals surface area contributed by atoms with Crippen molar-refractivity contribution in [2.24, 2.45) is 0 Å². The molecule has 32 heavy (non-hydrogen) atoms. The third-order valence-electron chi connectivity index (χ3n) is 6.30. The summed E-state index contributed by atoms with van der Waals surface area (Å²) < 4.78 is 24.3. The van der Waals surface area contributed by atoms with E-state index >= 15 is 0 Å². The second-order valence-electron chi connectivity index (χ2n) is 8.94. The largest absolute Gasteiger partial charge is 0.584 e. The minimum atomic E-state index is -4.28. The summed E-state index contributed by atoms with van der Waals surface area (Å²) in [6, 6.07) is 8.62. The van der Waals surface area contributed by atoms with Crippen molar-refractivity contribution < 1.29 is 18.5 Å². The molecule has 0 saturated carbocycles. The molecule has 176 valence electrons. The van der Waals surface area contributed by atoms with Crippen LogP contribution in [0.3, 0.4) is 0 Å². The van der Waals surface area contributed by atoms with E-state index in [1.807, 2.05) is 0 Å². The number of hydrogen-bond donors (Lipinski definition) is 1. The molecule has 1 aliphatic rings. The van der Waals surface area contributed by atoms with Gasteiger partial charge in [-0.25, -0.2) is 4.57 Å². The van der Waals surface area contributed by atoms with Crippen LogP contribution in [0, 0.1) is 0 Å².